The molecule has 3 heteroatoms. The molecule has 2 rings (SSSR count). The van der Waals surface area contributed by atoms with Crippen LogP contribution in [0.1, 0.15) is 25.7 Å². The predicted octanol–water partition coefficient (Wildman–Crippen LogP) is 1.65. The molecule has 1 saturated carbocycles. The smallest absolute Gasteiger partial charge is 0.0968 e. The number of hydrogen-bond donors (Lipinski definition) is 1. The van der Waals surface area contributed by atoms with Gasteiger partial charge in [0.2, 0.25) is 0 Å². The third-order valence-electron chi connectivity index (χ3n) is 2.50. The van der Waals surface area contributed by atoms with Crippen LogP contribution in [0.4, 0.5) is 0 Å². The summed E-state index contributed by atoms with van der Waals surface area (Å²) in [5, 5.41) is 0.766. The van der Waals surface area contributed by atoms with Crippen molar-refractivity contribution in [3.05, 3.63) is 0 Å². The van der Waals surface area contributed by atoms with Crippen molar-refractivity contribution in [3.63, 3.8) is 0 Å². The predicted molar refractivity (Wildman–Crippen MR) is 54.7 cm³/mol. The maximum Gasteiger partial charge on any atom is 0.0968 e. The Hall–Kier alpha value is -0.180. The number of amidine groups is 1. The lowest BCUT2D eigenvalue weighted by atomic mass is 10.2. The van der Waals surface area contributed by atoms with Crippen LogP contribution >= 0.6 is 11.8 Å². The van der Waals surface area contributed by atoms with Gasteiger partial charge in [0.15, 0.2) is 0 Å². The van der Waals surface area contributed by atoms with Gasteiger partial charge in [-0.2, -0.15) is 11.8 Å². The molecule has 12 heavy (non-hydrogen) atoms. The first kappa shape index (κ1) is 8.42. The van der Waals surface area contributed by atoms with E-state index in [9.17, 15) is 0 Å². The summed E-state index contributed by atoms with van der Waals surface area (Å²) in [5.74, 6) is 2.89. The van der Waals surface area contributed by atoms with Gasteiger partial charge in [-0.25, -0.2) is 0 Å². The van der Waals surface area contributed by atoms with Gasteiger partial charge in [0.25, 0.3) is 0 Å². The number of rotatable bonds is 3. The lowest BCUT2D eigenvalue weighted by Gasteiger charge is -2.04. The fourth-order valence-electron chi connectivity index (χ4n) is 1.50. The van der Waals surface area contributed by atoms with Gasteiger partial charge in [0, 0.05) is 11.2 Å². The van der Waals surface area contributed by atoms with Crippen molar-refractivity contribution in [1.82, 2.24) is 0 Å². The zero-order chi connectivity index (χ0) is 8.39. The highest BCUT2D eigenvalue weighted by Crippen LogP contribution is 2.30. The maximum atomic E-state index is 5.80. The molecule has 1 unspecified atom stereocenters. The normalized spacial score (nSPS) is 31.0. The molecule has 0 amide bonds. The molecule has 0 aromatic heterocycles. The van der Waals surface area contributed by atoms with Crippen LogP contribution in [0.25, 0.3) is 0 Å². The summed E-state index contributed by atoms with van der Waals surface area (Å²) in [6, 6.07) is 0. The van der Waals surface area contributed by atoms with Crippen molar-refractivity contribution >= 4 is 17.6 Å². The second kappa shape index (κ2) is 3.69. The van der Waals surface area contributed by atoms with Crippen LogP contribution in [0.2, 0.25) is 0 Å². The lowest BCUT2D eigenvalue weighted by molar-refractivity contribution is 0.784. The van der Waals surface area contributed by atoms with Crippen LogP contribution in [-0.4, -0.2) is 23.4 Å². The Labute approximate surface area is 78.0 Å². The molecule has 0 bridgehead atoms. The molecular formula is C9H16N2S. The minimum absolute atomic E-state index is 0.649. The van der Waals surface area contributed by atoms with E-state index in [2.05, 4.69) is 16.8 Å². The quantitative estimate of drug-likeness (QED) is 0.535. The Kier molecular flexibility index (Phi) is 2.59. The first-order valence-electron chi connectivity index (χ1n) is 4.77. The van der Waals surface area contributed by atoms with Gasteiger partial charge < -0.3 is 5.73 Å². The van der Waals surface area contributed by atoms with Crippen LogP contribution < -0.4 is 5.73 Å². The van der Waals surface area contributed by atoms with Gasteiger partial charge >= 0.3 is 0 Å². The summed E-state index contributed by atoms with van der Waals surface area (Å²) < 4.78 is 0. The highest BCUT2D eigenvalue weighted by Gasteiger charge is 2.25. The molecule has 1 atom stereocenters. The van der Waals surface area contributed by atoms with Gasteiger partial charge in [-0.1, -0.05) is 0 Å². The molecule has 0 spiro atoms. The van der Waals surface area contributed by atoms with Crippen molar-refractivity contribution < 1.29 is 0 Å². The van der Waals surface area contributed by atoms with Gasteiger partial charge in [0.05, 0.1) is 12.4 Å². The zero-order valence-electron chi connectivity index (χ0n) is 7.33. The molecular weight excluding hydrogens is 168 g/mol. The first-order valence-corrected chi connectivity index (χ1v) is 5.82. The van der Waals surface area contributed by atoms with Gasteiger partial charge in [0.1, 0.15) is 0 Å². The Morgan fingerprint density at radius 1 is 1.42 bits per heavy atom. The lowest BCUT2D eigenvalue weighted by Crippen LogP contribution is -2.16. The Balaban J connectivity index is 1.74. The summed E-state index contributed by atoms with van der Waals surface area (Å²) >= 11 is 2.05. The Morgan fingerprint density at radius 2 is 2.25 bits per heavy atom. The molecule has 68 valence electrons. The SMILES string of the molecule is NC(=NCC1CCCS1)C1CC1. The fourth-order valence-corrected chi connectivity index (χ4v) is 2.68. The van der Waals surface area contributed by atoms with Crippen molar-refractivity contribution in [2.75, 3.05) is 12.3 Å². The van der Waals surface area contributed by atoms with E-state index in [1.807, 2.05) is 0 Å². The van der Waals surface area contributed by atoms with Gasteiger partial charge in [-0.15, -0.1) is 0 Å². The topological polar surface area (TPSA) is 38.4 Å². The molecule has 1 heterocycles. The molecule has 0 aromatic rings. The van der Waals surface area contributed by atoms with Gasteiger partial charge in [-0.05, 0) is 31.4 Å². The number of nitrogens with zero attached hydrogens (tertiary/aromatic N) is 1. The Bertz CT molecular complexity index is 181. The van der Waals surface area contributed by atoms with Gasteiger partial charge in [-0.3, -0.25) is 4.99 Å². The minimum atomic E-state index is 0.649. The van der Waals surface area contributed by atoms with Crippen LogP contribution in [0, 0.1) is 5.92 Å². The van der Waals surface area contributed by atoms with Crippen LogP contribution in [0.15, 0.2) is 4.99 Å². The molecule has 2 nitrogen and oxygen atoms in total. The average molecular weight is 184 g/mol. The first-order chi connectivity index (χ1) is 5.86. The van der Waals surface area contributed by atoms with E-state index >= 15 is 0 Å². The van der Waals surface area contributed by atoms with E-state index in [0.29, 0.717) is 5.92 Å². The van der Waals surface area contributed by atoms with E-state index in [0.717, 1.165) is 17.6 Å². The standard InChI is InChI=1S/C9H16N2S/c10-9(7-3-4-7)11-6-8-2-1-5-12-8/h7-8H,1-6H2,(H2,10,11). The number of nitrogens with two attached hydrogens (primary N) is 1. The highest BCUT2D eigenvalue weighted by molar-refractivity contribution is 8.00. The van der Waals surface area contributed by atoms with E-state index in [1.54, 1.807) is 0 Å². The van der Waals surface area contributed by atoms with Crippen molar-refractivity contribution in [3.8, 4) is 0 Å². The van der Waals surface area contributed by atoms with E-state index < -0.39 is 0 Å². The number of hydrogen-bond acceptors (Lipinski definition) is 2. The second-order valence-electron chi connectivity index (χ2n) is 3.67. The van der Waals surface area contributed by atoms with E-state index in [4.69, 9.17) is 5.73 Å². The summed E-state index contributed by atoms with van der Waals surface area (Å²) in [6.45, 7) is 0.965. The van der Waals surface area contributed by atoms with Crippen molar-refractivity contribution in [1.29, 1.82) is 0 Å². The largest absolute Gasteiger partial charge is 0.387 e. The van der Waals surface area contributed by atoms with Crippen LogP contribution in [0.5, 0.6) is 0 Å². The summed E-state index contributed by atoms with van der Waals surface area (Å²) in [6.07, 6.45) is 5.25. The molecule has 1 saturated heterocycles. The minimum Gasteiger partial charge on any atom is -0.387 e. The molecule has 1 aliphatic carbocycles. The monoisotopic (exact) mass is 184 g/mol. The highest BCUT2D eigenvalue weighted by atomic mass is 32.2. The maximum absolute atomic E-state index is 5.80. The number of thioether (sulfide) groups is 1. The number of aliphatic imine (C=N–C) groups is 1. The van der Waals surface area contributed by atoms with Crippen molar-refractivity contribution in [2.45, 2.75) is 30.9 Å². The molecule has 2 N–H and O–H groups in total. The summed E-state index contributed by atoms with van der Waals surface area (Å²) in [5.41, 5.74) is 5.80. The Morgan fingerprint density at radius 3 is 2.83 bits per heavy atom. The third-order valence-corrected chi connectivity index (χ3v) is 3.88. The molecule has 0 radical (unpaired) electrons. The zero-order valence-corrected chi connectivity index (χ0v) is 8.15. The average Bonchev–Trinajstić information content (AvgIpc) is 2.80. The fraction of sp³-hybridized carbons (Fsp3) is 0.889. The second-order valence-corrected chi connectivity index (χ2v) is 5.08. The summed E-state index contributed by atoms with van der Waals surface area (Å²) in [7, 11) is 0. The third kappa shape index (κ3) is 2.16. The van der Waals surface area contributed by atoms with Crippen molar-refractivity contribution in [2.24, 2.45) is 16.6 Å². The molecule has 2 fully saturated rings. The molecule has 2 aliphatic rings. The van der Waals surface area contributed by atoms with E-state index in [1.165, 1.54) is 31.4 Å². The molecule has 0 aromatic carbocycles. The molecule has 1 aliphatic heterocycles. The summed E-state index contributed by atoms with van der Waals surface area (Å²) in [4.78, 5) is 4.44. The van der Waals surface area contributed by atoms with E-state index in [-0.39, 0.29) is 0 Å². The van der Waals surface area contributed by atoms with Crippen LogP contribution in [-0.2, 0) is 0 Å². The van der Waals surface area contributed by atoms with Crippen LogP contribution in [0.3, 0.4) is 0 Å².